The number of nitrogens with one attached hydrogen (secondary N) is 1. The topological polar surface area (TPSA) is 82.5 Å². The lowest BCUT2D eigenvalue weighted by Crippen LogP contribution is -2.43. The molecule has 0 spiro atoms. The van der Waals surface area contributed by atoms with E-state index in [-0.39, 0.29) is 35.0 Å². The summed E-state index contributed by atoms with van der Waals surface area (Å²) in [5, 5.41) is 15.4. The SMILES string of the molecule is CC(C)c1ccc(C(=O)N2CCCC(C(=O)Nc3nccs3)C2)c(O)c1. The first kappa shape index (κ1) is 18.4. The fourth-order valence-corrected chi connectivity index (χ4v) is 3.66. The van der Waals surface area contributed by atoms with Gasteiger partial charge in [-0.1, -0.05) is 19.9 Å². The zero-order valence-electron chi connectivity index (χ0n) is 14.9. The van der Waals surface area contributed by atoms with E-state index < -0.39 is 0 Å². The maximum Gasteiger partial charge on any atom is 0.257 e. The van der Waals surface area contributed by atoms with Gasteiger partial charge in [0.25, 0.3) is 5.91 Å². The van der Waals surface area contributed by atoms with E-state index in [1.54, 1.807) is 28.6 Å². The third-order valence-corrected chi connectivity index (χ3v) is 5.35. The van der Waals surface area contributed by atoms with Gasteiger partial charge in [0.2, 0.25) is 5.91 Å². The lowest BCUT2D eigenvalue weighted by atomic mass is 9.95. The Hall–Kier alpha value is -2.41. The van der Waals surface area contributed by atoms with Crippen LogP contribution in [0.5, 0.6) is 5.75 Å². The molecule has 1 fully saturated rings. The molecule has 138 valence electrons. The summed E-state index contributed by atoms with van der Waals surface area (Å²) in [4.78, 5) is 30.9. The largest absolute Gasteiger partial charge is 0.507 e. The third-order valence-electron chi connectivity index (χ3n) is 4.66. The second kappa shape index (κ2) is 7.86. The van der Waals surface area contributed by atoms with Crippen molar-refractivity contribution >= 4 is 28.3 Å². The number of anilines is 1. The Kier molecular flexibility index (Phi) is 5.56. The zero-order valence-corrected chi connectivity index (χ0v) is 15.8. The zero-order chi connectivity index (χ0) is 18.7. The molecule has 0 aliphatic carbocycles. The number of piperidine rings is 1. The van der Waals surface area contributed by atoms with Gasteiger partial charge in [-0.15, -0.1) is 11.3 Å². The van der Waals surface area contributed by atoms with Gasteiger partial charge in [-0.25, -0.2) is 4.98 Å². The van der Waals surface area contributed by atoms with Gasteiger partial charge in [-0.05, 0) is 36.5 Å². The quantitative estimate of drug-likeness (QED) is 0.860. The molecule has 1 unspecified atom stereocenters. The molecule has 26 heavy (non-hydrogen) atoms. The van der Waals surface area contributed by atoms with Crippen LogP contribution in [-0.2, 0) is 4.79 Å². The Morgan fingerprint density at radius 2 is 2.19 bits per heavy atom. The van der Waals surface area contributed by atoms with E-state index in [9.17, 15) is 14.7 Å². The van der Waals surface area contributed by atoms with Crippen LogP contribution in [0, 0.1) is 5.92 Å². The second-order valence-electron chi connectivity index (χ2n) is 6.85. The van der Waals surface area contributed by atoms with Gasteiger partial charge in [0.05, 0.1) is 11.5 Å². The Morgan fingerprint density at radius 3 is 2.85 bits per heavy atom. The van der Waals surface area contributed by atoms with E-state index in [2.05, 4.69) is 10.3 Å². The summed E-state index contributed by atoms with van der Waals surface area (Å²) in [7, 11) is 0. The van der Waals surface area contributed by atoms with Gasteiger partial charge in [-0.2, -0.15) is 0 Å². The number of aromatic hydroxyl groups is 1. The van der Waals surface area contributed by atoms with Crippen LogP contribution in [0.3, 0.4) is 0 Å². The number of rotatable bonds is 4. The number of phenols is 1. The van der Waals surface area contributed by atoms with E-state index in [0.29, 0.717) is 18.2 Å². The predicted octanol–water partition coefficient (Wildman–Crippen LogP) is 3.46. The van der Waals surface area contributed by atoms with Crippen LogP contribution in [-0.4, -0.2) is 39.9 Å². The van der Waals surface area contributed by atoms with E-state index in [4.69, 9.17) is 0 Å². The summed E-state index contributed by atoms with van der Waals surface area (Å²) in [5.74, 6) is -0.343. The first-order valence-electron chi connectivity index (χ1n) is 8.78. The molecule has 2 amide bonds. The van der Waals surface area contributed by atoms with Crippen molar-refractivity contribution in [2.75, 3.05) is 18.4 Å². The van der Waals surface area contributed by atoms with Crippen molar-refractivity contribution in [3.05, 3.63) is 40.9 Å². The summed E-state index contributed by atoms with van der Waals surface area (Å²) in [5.41, 5.74) is 1.27. The Balaban J connectivity index is 1.69. The molecule has 1 saturated heterocycles. The molecule has 1 atom stereocenters. The fourth-order valence-electron chi connectivity index (χ4n) is 3.13. The first-order chi connectivity index (χ1) is 12.5. The molecule has 0 saturated carbocycles. The van der Waals surface area contributed by atoms with E-state index in [1.807, 2.05) is 19.9 Å². The summed E-state index contributed by atoms with van der Waals surface area (Å²) in [6.07, 6.45) is 3.13. The van der Waals surface area contributed by atoms with Crippen molar-refractivity contribution < 1.29 is 14.7 Å². The van der Waals surface area contributed by atoms with Crippen LogP contribution in [0.1, 0.15) is 48.5 Å². The van der Waals surface area contributed by atoms with Gasteiger partial charge in [-0.3, -0.25) is 9.59 Å². The number of benzene rings is 1. The Morgan fingerprint density at radius 1 is 1.38 bits per heavy atom. The normalized spacial score (nSPS) is 17.3. The molecular formula is C19H23N3O3S. The standard InChI is InChI=1S/C19H23N3O3S/c1-12(2)13-5-6-15(16(23)10-13)18(25)22-8-3-4-14(11-22)17(24)21-19-20-7-9-26-19/h5-7,9-10,12,14,23H,3-4,8,11H2,1-2H3,(H,20,21,24). The van der Waals surface area contributed by atoms with Crippen molar-refractivity contribution in [2.24, 2.45) is 5.92 Å². The second-order valence-corrected chi connectivity index (χ2v) is 7.74. The van der Waals surface area contributed by atoms with Gasteiger partial charge < -0.3 is 15.3 Å². The van der Waals surface area contributed by atoms with Crippen LogP contribution in [0.15, 0.2) is 29.8 Å². The highest BCUT2D eigenvalue weighted by Crippen LogP contribution is 2.27. The van der Waals surface area contributed by atoms with Crippen molar-refractivity contribution in [3.63, 3.8) is 0 Å². The first-order valence-corrected chi connectivity index (χ1v) is 9.66. The van der Waals surface area contributed by atoms with Crippen molar-refractivity contribution in [1.82, 2.24) is 9.88 Å². The lowest BCUT2D eigenvalue weighted by Gasteiger charge is -2.32. The number of amides is 2. The smallest absolute Gasteiger partial charge is 0.257 e. The van der Waals surface area contributed by atoms with E-state index in [1.165, 1.54) is 11.3 Å². The maximum atomic E-state index is 12.8. The average Bonchev–Trinajstić information content (AvgIpc) is 3.14. The molecule has 0 radical (unpaired) electrons. The number of phenolic OH excluding ortho intramolecular Hbond substituents is 1. The van der Waals surface area contributed by atoms with Crippen molar-refractivity contribution in [3.8, 4) is 5.75 Å². The molecule has 2 N–H and O–H groups in total. The number of hydrogen-bond donors (Lipinski definition) is 2. The minimum Gasteiger partial charge on any atom is -0.507 e. The number of likely N-dealkylation sites (tertiary alicyclic amines) is 1. The molecule has 1 aliphatic rings. The molecule has 2 heterocycles. The highest BCUT2D eigenvalue weighted by atomic mass is 32.1. The third kappa shape index (κ3) is 4.04. The predicted molar refractivity (Wildman–Crippen MR) is 102 cm³/mol. The van der Waals surface area contributed by atoms with Crippen LogP contribution in [0.25, 0.3) is 0 Å². The monoisotopic (exact) mass is 373 g/mol. The summed E-state index contributed by atoms with van der Waals surface area (Å²) >= 11 is 1.37. The van der Waals surface area contributed by atoms with Crippen molar-refractivity contribution in [2.45, 2.75) is 32.6 Å². The van der Waals surface area contributed by atoms with Gasteiger partial charge in [0.1, 0.15) is 5.75 Å². The maximum absolute atomic E-state index is 12.8. The number of aromatic nitrogens is 1. The minimum atomic E-state index is -0.270. The number of nitrogens with zero attached hydrogens (tertiary/aromatic N) is 2. The molecule has 0 bridgehead atoms. The molecule has 1 aliphatic heterocycles. The molecule has 7 heteroatoms. The van der Waals surface area contributed by atoms with Crippen LogP contribution in [0.4, 0.5) is 5.13 Å². The molecular weight excluding hydrogens is 350 g/mol. The van der Waals surface area contributed by atoms with Gasteiger partial charge in [0, 0.05) is 24.7 Å². The highest BCUT2D eigenvalue weighted by Gasteiger charge is 2.30. The lowest BCUT2D eigenvalue weighted by molar-refractivity contribution is -0.121. The van der Waals surface area contributed by atoms with Gasteiger partial charge >= 0.3 is 0 Å². The molecule has 1 aromatic carbocycles. The van der Waals surface area contributed by atoms with Crippen LogP contribution >= 0.6 is 11.3 Å². The summed E-state index contributed by atoms with van der Waals surface area (Å²) < 4.78 is 0. The fraction of sp³-hybridized carbons (Fsp3) is 0.421. The summed E-state index contributed by atoms with van der Waals surface area (Å²) in [6, 6.07) is 5.19. The van der Waals surface area contributed by atoms with E-state index >= 15 is 0 Å². The number of carbonyl (C=O) groups excluding carboxylic acids is 2. The number of carbonyl (C=O) groups is 2. The molecule has 3 rings (SSSR count). The molecule has 1 aromatic heterocycles. The van der Waals surface area contributed by atoms with Crippen molar-refractivity contribution in [1.29, 1.82) is 0 Å². The Bertz CT molecular complexity index is 789. The summed E-state index contributed by atoms with van der Waals surface area (Å²) in [6.45, 7) is 5.01. The van der Waals surface area contributed by atoms with Gasteiger partial charge in [0.15, 0.2) is 5.13 Å². The number of thiazole rings is 1. The Labute approximate surface area is 156 Å². The molecule has 6 nitrogen and oxygen atoms in total. The van der Waals surface area contributed by atoms with Crippen LogP contribution in [0.2, 0.25) is 0 Å². The molecule has 2 aromatic rings. The highest BCUT2D eigenvalue weighted by molar-refractivity contribution is 7.13. The van der Waals surface area contributed by atoms with Crippen LogP contribution < -0.4 is 5.32 Å². The van der Waals surface area contributed by atoms with E-state index in [0.717, 1.165) is 18.4 Å². The minimum absolute atomic E-state index is 0.00411. The number of hydrogen-bond acceptors (Lipinski definition) is 5. The average molecular weight is 373 g/mol.